The molecule has 0 saturated carbocycles. The number of nitrogens with zero attached hydrogens (tertiary/aromatic N) is 2. The van der Waals surface area contributed by atoms with Crippen LogP contribution in [0.2, 0.25) is 0 Å². The summed E-state index contributed by atoms with van der Waals surface area (Å²) in [7, 11) is 1.48. The Balaban J connectivity index is 1.84. The molecule has 0 aromatic heterocycles. The highest BCUT2D eigenvalue weighted by atomic mass is 79.9. The molecule has 0 aliphatic carbocycles. The molecule has 1 heterocycles. The van der Waals surface area contributed by atoms with E-state index in [9.17, 15) is 19.7 Å². The number of methoxy groups -OCH3 is 1. The molecule has 8 nitrogen and oxygen atoms in total. The summed E-state index contributed by atoms with van der Waals surface area (Å²) in [5.74, 6) is 0.507. The zero-order valence-corrected chi connectivity index (χ0v) is 18.5. The van der Waals surface area contributed by atoms with Gasteiger partial charge >= 0.3 is 0 Å². The lowest BCUT2D eigenvalue weighted by Crippen LogP contribution is -2.27. The first-order valence-corrected chi connectivity index (χ1v) is 10.4. The van der Waals surface area contributed by atoms with Gasteiger partial charge in [-0.2, -0.15) is 0 Å². The van der Waals surface area contributed by atoms with E-state index >= 15 is 0 Å². The lowest BCUT2D eigenvalue weighted by atomic mass is 10.1. The van der Waals surface area contributed by atoms with E-state index in [4.69, 9.17) is 9.47 Å². The largest absolute Gasteiger partial charge is 0.493 e. The van der Waals surface area contributed by atoms with Crippen LogP contribution in [0, 0.1) is 10.1 Å². The first kappa shape index (κ1) is 21.8. The monoisotopic (exact) mass is 492 g/mol. The van der Waals surface area contributed by atoms with Gasteiger partial charge in [-0.1, -0.05) is 12.1 Å². The van der Waals surface area contributed by atoms with Gasteiger partial charge in [0.1, 0.15) is 6.61 Å². The molecule has 2 amide bonds. The molecule has 2 aromatic carbocycles. The first-order valence-electron chi connectivity index (χ1n) is 8.83. The minimum absolute atomic E-state index is 0.0153. The van der Waals surface area contributed by atoms with Crippen LogP contribution in [0.1, 0.15) is 18.1 Å². The van der Waals surface area contributed by atoms with Crippen molar-refractivity contribution < 1.29 is 24.0 Å². The average molecular weight is 493 g/mol. The Morgan fingerprint density at radius 2 is 2.03 bits per heavy atom. The van der Waals surface area contributed by atoms with Gasteiger partial charge in [0.15, 0.2) is 11.5 Å². The zero-order chi connectivity index (χ0) is 21.8. The maximum atomic E-state index is 12.3. The minimum atomic E-state index is -0.463. The van der Waals surface area contributed by atoms with E-state index in [0.717, 1.165) is 11.8 Å². The fourth-order valence-corrected chi connectivity index (χ4v) is 4.28. The van der Waals surface area contributed by atoms with Crippen molar-refractivity contribution >= 4 is 50.6 Å². The number of amides is 2. The molecular weight excluding hydrogens is 476 g/mol. The summed E-state index contributed by atoms with van der Waals surface area (Å²) in [6.45, 7) is 2.16. The Kier molecular flexibility index (Phi) is 6.78. The number of imide groups is 1. The second-order valence-corrected chi connectivity index (χ2v) is 8.02. The summed E-state index contributed by atoms with van der Waals surface area (Å²) >= 11 is 4.33. The number of ether oxygens (including phenoxy) is 2. The average Bonchev–Trinajstić information content (AvgIpc) is 2.99. The SMILES string of the molecule is CCN1C(=O)SC(=Cc2cc(Br)c(OCc3cccc([N+](=O)[O-])c3)c(OC)c2)C1=O. The molecule has 0 N–H and O–H groups in total. The number of hydrogen-bond donors (Lipinski definition) is 0. The molecule has 1 saturated heterocycles. The molecule has 0 bridgehead atoms. The molecule has 156 valence electrons. The maximum absolute atomic E-state index is 12.3. The Bertz CT molecular complexity index is 1060. The molecule has 0 spiro atoms. The minimum Gasteiger partial charge on any atom is -0.493 e. The molecule has 30 heavy (non-hydrogen) atoms. The van der Waals surface area contributed by atoms with Gasteiger partial charge in [0.05, 0.1) is 21.4 Å². The summed E-state index contributed by atoms with van der Waals surface area (Å²) in [4.78, 5) is 36.1. The third-order valence-electron chi connectivity index (χ3n) is 4.24. The van der Waals surface area contributed by atoms with Gasteiger partial charge in [-0.05, 0) is 64.0 Å². The molecule has 0 unspecified atom stereocenters. The number of carbonyl (C=O) groups excluding carboxylic acids is 2. The normalized spacial score (nSPS) is 15.0. The number of rotatable bonds is 7. The molecule has 3 rings (SSSR count). The van der Waals surface area contributed by atoms with Crippen LogP contribution >= 0.6 is 27.7 Å². The number of hydrogen-bond acceptors (Lipinski definition) is 7. The predicted molar refractivity (Wildman–Crippen MR) is 116 cm³/mol. The molecule has 0 atom stereocenters. The highest BCUT2D eigenvalue weighted by Gasteiger charge is 2.33. The molecule has 1 fully saturated rings. The predicted octanol–water partition coefficient (Wildman–Crippen LogP) is 5.00. The van der Waals surface area contributed by atoms with Crippen molar-refractivity contribution in [2.45, 2.75) is 13.5 Å². The first-order chi connectivity index (χ1) is 14.3. The quantitative estimate of drug-likeness (QED) is 0.304. The number of nitro groups is 1. The topological polar surface area (TPSA) is 99.0 Å². The van der Waals surface area contributed by atoms with E-state index in [0.29, 0.717) is 38.5 Å². The van der Waals surface area contributed by atoms with E-state index in [2.05, 4.69) is 15.9 Å². The number of carbonyl (C=O) groups is 2. The second kappa shape index (κ2) is 9.31. The Hall–Kier alpha value is -2.85. The number of non-ortho nitro benzene ring substituents is 1. The van der Waals surface area contributed by atoms with Crippen molar-refractivity contribution in [1.29, 1.82) is 0 Å². The summed E-state index contributed by atoms with van der Waals surface area (Å²) in [6, 6.07) is 9.60. The summed E-state index contributed by atoms with van der Waals surface area (Å²) in [5.41, 5.74) is 1.28. The molecule has 10 heteroatoms. The Morgan fingerprint density at radius 3 is 2.67 bits per heavy atom. The smallest absolute Gasteiger partial charge is 0.293 e. The highest BCUT2D eigenvalue weighted by Crippen LogP contribution is 2.39. The summed E-state index contributed by atoms with van der Waals surface area (Å²) < 4.78 is 11.8. The lowest BCUT2D eigenvalue weighted by Gasteiger charge is -2.14. The molecule has 1 aliphatic rings. The van der Waals surface area contributed by atoms with Crippen LogP contribution in [-0.2, 0) is 11.4 Å². The van der Waals surface area contributed by atoms with Gasteiger partial charge in [0.25, 0.3) is 16.8 Å². The Morgan fingerprint density at radius 1 is 1.27 bits per heavy atom. The molecule has 0 radical (unpaired) electrons. The van der Waals surface area contributed by atoms with E-state index in [1.807, 2.05) is 0 Å². The van der Waals surface area contributed by atoms with Crippen molar-refractivity contribution in [1.82, 2.24) is 4.90 Å². The zero-order valence-electron chi connectivity index (χ0n) is 16.1. The van der Waals surface area contributed by atoms with E-state index in [-0.39, 0.29) is 23.4 Å². The summed E-state index contributed by atoms with van der Waals surface area (Å²) in [6.07, 6.45) is 1.62. The molecule has 1 aliphatic heterocycles. The maximum Gasteiger partial charge on any atom is 0.293 e. The van der Waals surface area contributed by atoms with Gasteiger partial charge in [0.2, 0.25) is 0 Å². The van der Waals surface area contributed by atoms with E-state index in [1.54, 1.807) is 37.3 Å². The summed E-state index contributed by atoms with van der Waals surface area (Å²) in [5, 5.41) is 10.6. The van der Waals surface area contributed by atoms with Crippen LogP contribution in [-0.4, -0.2) is 34.6 Å². The van der Waals surface area contributed by atoms with Crippen LogP contribution in [0.25, 0.3) is 6.08 Å². The number of benzene rings is 2. The van der Waals surface area contributed by atoms with Gasteiger partial charge < -0.3 is 9.47 Å². The van der Waals surface area contributed by atoms with Gasteiger partial charge in [-0.15, -0.1) is 0 Å². The van der Waals surface area contributed by atoms with Crippen molar-refractivity contribution in [3.8, 4) is 11.5 Å². The number of likely N-dealkylation sites (N-methyl/N-ethyl adjacent to an activating group) is 1. The van der Waals surface area contributed by atoms with E-state index in [1.165, 1.54) is 24.1 Å². The fraction of sp³-hybridized carbons (Fsp3) is 0.200. The van der Waals surface area contributed by atoms with Crippen LogP contribution in [0.3, 0.4) is 0 Å². The van der Waals surface area contributed by atoms with Crippen LogP contribution in [0.15, 0.2) is 45.8 Å². The fourth-order valence-electron chi connectivity index (χ4n) is 2.80. The third kappa shape index (κ3) is 4.65. The van der Waals surface area contributed by atoms with Crippen LogP contribution in [0.4, 0.5) is 10.5 Å². The van der Waals surface area contributed by atoms with Crippen molar-refractivity contribution in [2.75, 3.05) is 13.7 Å². The van der Waals surface area contributed by atoms with E-state index < -0.39 is 4.92 Å². The number of thioether (sulfide) groups is 1. The third-order valence-corrected chi connectivity index (χ3v) is 5.74. The highest BCUT2D eigenvalue weighted by molar-refractivity contribution is 9.10. The number of halogens is 1. The van der Waals surface area contributed by atoms with Crippen LogP contribution < -0.4 is 9.47 Å². The van der Waals surface area contributed by atoms with Gasteiger partial charge in [0, 0.05) is 18.7 Å². The van der Waals surface area contributed by atoms with Crippen LogP contribution in [0.5, 0.6) is 11.5 Å². The van der Waals surface area contributed by atoms with Crippen molar-refractivity contribution in [2.24, 2.45) is 0 Å². The van der Waals surface area contributed by atoms with Gasteiger partial charge in [-0.25, -0.2) is 0 Å². The van der Waals surface area contributed by atoms with Crippen molar-refractivity contribution in [3.63, 3.8) is 0 Å². The number of nitro benzene ring substituents is 1. The second-order valence-electron chi connectivity index (χ2n) is 6.18. The standard InChI is InChI=1S/C20H17BrN2O6S/c1-3-22-19(24)17(30-20(22)25)10-13-8-15(21)18(16(9-13)28-2)29-11-12-5-4-6-14(7-12)23(26)27/h4-10H,3,11H2,1-2H3. The Labute approximate surface area is 185 Å². The van der Waals surface area contributed by atoms with Crippen molar-refractivity contribution in [3.05, 3.63) is 67.0 Å². The van der Waals surface area contributed by atoms with Gasteiger partial charge in [-0.3, -0.25) is 24.6 Å². The molecule has 2 aromatic rings. The molecular formula is C20H17BrN2O6S. The lowest BCUT2D eigenvalue weighted by molar-refractivity contribution is -0.384.